The number of morpholine rings is 1. The normalized spacial score (nSPS) is 16.3. The van der Waals surface area contributed by atoms with E-state index in [9.17, 15) is 9.59 Å². The summed E-state index contributed by atoms with van der Waals surface area (Å²) in [4.78, 5) is 26.4. The Kier molecular flexibility index (Phi) is 9.09. The Balaban J connectivity index is 1.66. The number of ether oxygens (including phenoxy) is 1. The third kappa shape index (κ3) is 8.32. The highest BCUT2D eigenvalue weighted by molar-refractivity contribution is 8.00. The lowest BCUT2D eigenvalue weighted by Crippen LogP contribution is -2.49. The van der Waals surface area contributed by atoms with E-state index in [0.29, 0.717) is 30.1 Å². The van der Waals surface area contributed by atoms with Crippen LogP contribution in [0.4, 0.5) is 5.82 Å². The van der Waals surface area contributed by atoms with Crippen molar-refractivity contribution in [2.75, 3.05) is 49.7 Å². The van der Waals surface area contributed by atoms with E-state index in [1.807, 2.05) is 0 Å². The van der Waals surface area contributed by atoms with Gasteiger partial charge in [-0.15, -0.1) is 11.8 Å². The number of amides is 2. The van der Waals surface area contributed by atoms with Crippen LogP contribution in [0.2, 0.25) is 0 Å². The van der Waals surface area contributed by atoms with Gasteiger partial charge >= 0.3 is 0 Å². The number of hydrogen-bond acceptors (Lipinski definition) is 7. The van der Waals surface area contributed by atoms with Crippen molar-refractivity contribution in [3.63, 3.8) is 0 Å². The maximum absolute atomic E-state index is 12.1. The number of rotatable bonds is 10. The first-order valence-electron chi connectivity index (χ1n) is 9.33. The summed E-state index contributed by atoms with van der Waals surface area (Å²) >= 11 is 1.28. The zero-order valence-electron chi connectivity index (χ0n) is 16.3. The lowest BCUT2D eigenvalue weighted by Gasteiger charge is -2.35. The average molecular weight is 399 g/mol. The number of carbonyl (C=O) groups is 2. The molecular formula is C18H30N4O4S. The Morgan fingerprint density at radius 2 is 1.96 bits per heavy atom. The smallest absolute Gasteiger partial charge is 0.235 e. The van der Waals surface area contributed by atoms with Crippen LogP contribution in [0.3, 0.4) is 0 Å². The van der Waals surface area contributed by atoms with Crippen LogP contribution >= 0.6 is 11.8 Å². The third-order valence-corrected chi connectivity index (χ3v) is 5.13. The third-order valence-electron chi connectivity index (χ3n) is 4.20. The quantitative estimate of drug-likeness (QED) is 0.617. The summed E-state index contributed by atoms with van der Waals surface area (Å²) in [7, 11) is 0. The lowest BCUT2D eigenvalue weighted by molar-refractivity contribution is -0.119. The molecule has 1 unspecified atom stereocenters. The van der Waals surface area contributed by atoms with Crippen LogP contribution in [-0.4, -0.2) is 72.3 Å². The fraction of sp³-hybridized carbons (Fsp3) is 0.722. The summed E-state index contributed by atoms with van der Waals surface area (Å²) < 4.78 is 10.3. The predicted octanol–water partition coefficient (Wildman–Crippen LogP) is 1.52. The van der Waals surface area contributed by atoms with Gasteiger partial charge in [0.2, 0.25) is 11.8 Å². The van der Waals surface area contributed by atoms with Crippen LogP contribution < -0.4 is 10.6 Å². The van der Waals surface area contributed by atoms with Crippen LogP contribution in [-0.2, 0) is 14.3 Å². The molecule has 8 nitrogen and oxygen atoms in total. The van der Waals surface area contributed by atoms with Crippen LogP contribution in [0.1, 0.15) is 26.0 Å². The van der Waals surface area contributed by atoms with Crippen molar-refractivity contribution in [3.05, 3.63) is 11.8 Å². The number of hydrogen-bond donors (Lipinski definition) is 2. The second-order valence-corrected chi connectivity index (χ2v) is 8.09. The Hall–Kier alpha value is -1.58. The molecular weight excluding hydrogens is 368 g/mol. The summed E-state index contributed by atoms with van der Waals surface area (Å²) in [5, 5.41) is 9.35. The largest absolute Gasteiger partial charge is 0.379 e. The van der Waals surface area contributed by atoms with Crippen LogP contribution in [0, 0.1) is 12.8 Å². The lowest BCUT2D eigenvalue weighted by atomic mass is 10.0. The number of carbonyl (C=O) groups excluding carboxylic acids is 2. The molecule has 2 rings (SSSR count). The Labute approximate surface area is 164 Å². The van der Waals surface area contributed by atoms with E-state index in [1.54, 1.807) is 13.0 Å². The first kappa shape index (κ1) is 21.7. The van der Waals surface area contributed by atoms with Gasteiger partial charge in [-0.2, -0.15) is 0 Å². The standard InChI is InChI=1S/C18H30N4O4S/c1-13(2)8-15(22-4-6-25-7-5-22)10-19-17(23)11-27-12-18(24)20-16-9-14(3)26-21-16/h9,13,15H,4-8,10-12H2,1-3H3,(H,19,23)(H,20,21,24). The summed E-state index contributed by atoms with van der Waals surface area (Å²) in [6.45, 7) is 10.1. The molecule has 9 heteroatoms. The van der Waals surface area contributed by atoms with Gasteiger partial charge in [0.25, 0.3) is 0 Å². The monoisotopic (exact) mass is 398 g/mol. The van der Waals surface area contributed by atoms with E-state index >= 15 is 0 Å². The molecule has 0 aromatic carbocycles. The van der Waals surface area contributed by atoms with E-state index in [-0.39, 0.29) is 23.3 Å². The molecule has 0 bridgehead atoms. The minimum Gasteiger partial charge on any atom is -0.379 e. The fourth-order valence-corrected chi connectivity index (χ4v) is 3.62. The molecule has 2 amide bonds. The summed E-state index contributed by atoms with van der Waals surface area (Å²) in [5.74, 6) is 1.78. The highest BCUT2D eigenvalue weighted by Crippen LogP contribution is 2.13. The van der Waals surface area contributed by atoms with Gasteiger partial charge in [-0.25, -0.2) is 0 Å². The van der Waals surface area contributed by atoms with Crippen LogP contribution in [0.5, 0.6) is 0 Å². The van der Waals surface area contributed by atoms with Gasteiger partial charge in [0.1, 0.15) is 5.76 Å². The molecule has 0 radical (unpaired) electrons. The molecule has 1 atom stereocenters. The maximum Gasteiger partial charge on any atom is 0.235 e. The number of nitrogens with one attached hydrogen (secondary N) is 2. The van der Waals surface area contributed by atoms with Crippen molar-refractivity contribution in [3.8, 4) is 0 Å². The van der Waals surface area contributed by atoms with E-state index in [1.165, 1.54) is 11.8 Å². The molecule has 2 heterocycles. The highest BCUT2D eigenvalue weighted by atomic mass is 32.2. The van der Waals surface area contributed by atoms with Crippen molar-refractivity contribution in [2.45, 2.75) is 33.2 Å². The maximum atomic E-state index is 12.1. The Morgan fingerprint density at radius 1 is 1.26 bits per heavy atom. The fourth-order valence-electron chi connectivity index (χ4n) is 2.97. The molecule has 0 saturated carbocycles. The molecule has 1 fully saturated rings. The van der Waals surface area contributed by atoms with Crippen molar-refractivity contribution >= 4 is 29.4 Å². The van der Waals surface area contributed by atoms with Gasteiger partial charge in [0, 0.05) is 31.7 Å². The molecule has 1 saturated heterocycles. The molecule has 0 aliphatic carbocycles. The second kappa shape index (κ2) is 11.3. The highest BCUT2D eigenvalue weighted by Gasteiger charge is 2.22. The van der Waals surface area contributed by atoms with Crippen molar-refractivity contribution < 1.29 is 18.8 Å². The second-order valence-electron chi connectivity index (χ2n) is 7.10. The molecule has 152 valence electrons. The zero-order valence-corrected chi connectivity index (χ0v) is 17.1. The molecule has 1 aliphatic heterocycles. The Morgan fingerprint density at radius 3 is 2.59 bits per heavy atom. The van der Waals surface area contributed by atoms with Crippen molar-refractivity contribution in [1.82, 2.24) is 15.4 Å². The minimum atomic E-state index is -0.202. The Bertz CT molecular complexity index is 602. The van der Waals surface area contributed by atoms with E-state index in [4.69, 9.17) is 9.26 Å². The van der Waals surface area contributed by atoms with Crippen molar-refractivity contribution in [2.24, 2.45) is 5.92 Å². The van der Waals surface area contributed by atoms with Gasteiger partial charge in [0.15, 0.2) is 5.82 Å². The molecule has 27 heavy (non-hydrogen) atoms. The number of aromatic nitrogens is 1. The zero-order chi connectivity index (χ0) is 19.6. The van der Waals surface area contributed by atoms with Gasteiger partial charge in [0.05, 0.1) is 24.7 Å². The van der Waals surface area contributed by atoms with Crippen molar-refractivity contribution in [1.29, 1.82) is 0 Å². The first-order chi connectivity index (χ1) is 12.9. The van der Waals surface area contributed by atoms with Gasteiger partial charge in [-0.05, 0) is 19.3 Å². The number of thioether (sulfide) groups is 1. The summed E-state index contributed by atoms with van der Waals surface area (Å²) in [6.07, 6.45) is 1.03. The van der Waals surface area contributed by atoms with E-state index in [0.717, 1.165) is 32.7 Å². The number of nitrogens with zero attached hydrogens (tertiary/aromatic N) is 2. The van der Waals surface area contributed by atoms with Gasteiger partial charge in [-0.1, -0.05) is 19.0 Å². The van der Waals surface area contributed by atoms with Gasteiger partial charge < -0.3 is 19.9 Å². The predicted molar refractivity (Wildman–Crippen MR) is 106 cm³/mol. The first-order valence-corrected chi connectivity index (χ1v) is 10.5. The average Bonchev–Trinajstić information content (AvgIpc) is 3.03. The number of aryl methyl sites for hydroxylation is 1. The van der Waals surface area contributed by atoms with E-state index in [2.05, 4.69) is 34.5 Å². The molecule has 0 spiro atoms. The van der Waals surface area contributed by atoms with Gasteiger partial charge in [-0.3, -0.25) is 14.5 Å². The number of anilines is 1. The minimum absolute atomic E-state index is 0.0490. The van der Waals surface area contributed by atoms with Crippen LogP contribution in [0.15, 0.2) is 10.6 Å². The molecule has 1 aromatic heterocycles. The molecule has 1 aromatic rings. The summed E-state index contributed by atoms with van der Waals surface area (Å²) in [5.41, 5.74) is 0. The van der Waals surface area contributed by atoms with E-state index < -0.39 is 0 Å². The van der Waals surface area contributed by atoms with Crippen LogP contribution in [0.25, 0.3) is 0 Å². The summed E-state index contributed by atoms with van der Waals surface area (Å²) in [6, 6.07) is 1.97. The molecule has 1 aliphatic rings. The molecule has 2 N–H and O–H groups in total. The SMILES string of the molecule is Cc1cc(NC(=O)CSCC(=O)NCC(CC(C)C)N2CCOCC2)no1. The topological polar surface area (TPSA) is 96.7 Å².